The number of nitrogens with zero attached hydrogens (tertiary/aromatic N) is 2. The van der Waals surface area contributed by atoms with Crippen molar-refractivity contribution in [3.63, 3.8) is 0 Å². The van der Waals surface area contributed by atoms with Gasteiger partial charge in [0.25, 0.3) is 0 Å². The molecular weight excluding hydrogens is 278 g/mol. The lowest BCUT2D eigenvalue weighted by atomic mass is 10.3. The molecule has 0 amide bonds. The SMILES string of the molecule is CCNO/C(C)=C/C=C/C(N=CN)NCCN(CC)C(C)C. The van der Waals surface area contributed by atoms with E-state index < -0.39 is 0 Å². The largest absolute Gasteiger partial charge is 0.414 e. The first kappa shape index (κ1) is 20.6. The lowest BCUT2D eigenvalue weighted by Gasteiger charge is -2.25. The van der Waals surface area contributed by atoms with Gasteiger partial charge in [-0.2, -0.15) is 5.48 Å². The third-order valence-electron chi connectivity index (χ3n) is 3.14. The van der Waals surface area contributed by atoms with E-state index in [1.165, 1.54) is 6.34 Å². The number of hydroxylamine groups is 1. The van der Waals surface area contributed by atoms with Crippen LogP contribution in [0.25, 0.3) is 0 Å². The summed E-state index contributed by atoms with van der Waals surface area (Å²) >= 11 is 0. The lowest BCUT2D eigenvalue weighted by molar-refractivity contribution is 0.111. The Morgan fingerprint density at radius 2 is 2.09 bits per heavy atom. The fourth-order valence-electron chi connectivity index (χ4n) is 1.92. The van der Waals surface area contributed by atoms with Crippen LogP contribution in [0.4, 0.5) is 0 Å². The maximum Gasteiger partial charge on any atom is 0.121 e. The van der Waals surface area contributed by atoms with E-state index in [1.807, 2.05) is 32.1 Å². The Bertz CT molecular complexity index is 352. The highest BCUT2D eigenvalue weighted by Crippen LogP contribution is 1.98. The molecule has 0 aliphatic rings. The van der Waals surface area contributed by atoms with Crippen LogP contribution in [-0.4, -0.2) is 49.6 Å². The minimum Gasteiger partial charge on any atom is -0.414 e. The minimum absolute atomic E-state index is 0.126. The van der Waals surface area contributed by atoms with E-state index in [0.717, 1.165) is 31.9 Å². The van der Waals surface area contributed by atoms with Crippen molar-refractivity contribution in [1.29, 1.82) is 0 Å². The third kappa shape index (κ3) is 10.4. The molecule has 0 radical (unpaired) electrons. The van der Waals surface area contributed by atoms with Crippen molar-refractivity contribution < 1.29 is 4.84 Å². The fraction of sp³-hybridized carbons (Fsp3) is 0.688. The smallest absolute Gasteiger partial charge is 0.121 e. The van der Waals surface area contributed by atoms with E-state index in [1.54, 1.807) is 0 Å². The molecule has 0 spiro atoms. The van der Waals surface area contributed by atoms with E-state index >= 15 is 0 Å². The van der Waals surface area contributed by atoms with Gasteiger partial charge in [-0.15, -0.1) is 0 Å². The summed E-state index contributed by atoms with van der Waals surface area (Å²) in [7, 11) is 0. The molecule has 6 heteroatoms. The van der Waals surface area contributed by atoms with Crippen molar-refractivity contribution in [2.24, 2.45) is 10.7 Å². The van der Waals surface area contributed by atoms with E-state index in [9.17, 15) is 0 Å². The van der Waals surface area contributed by atoms with Gasteiger partial charge in [-0.3, -0.25) is 15.2 Å². The number of rotatable bonds is 12. The van der Waals surface area contributed by atoms with Gasteiger partial charge in [-0.05, 0) is 46.4 Å². The van der Waals surface area contributed by atoms with E-state index in [4.69, 9.17) is 10.6 Å². The normalized spacial score (nSPS) is 14.6. The first-order chi connectivity index (χ1) is 10.5. The van der Waals surface area contributed by atoms with Gasteiger partial charge in [0.2, 0.25) is 0 Å². The molecule has 0 fully saturated rings. The molecular formula is C16H33N5O. The molecule has 0 saturated carbocycles. The van der Waals surface area contributed by atoms with Gasteiger partial charge in [-0.25, -0.2) is 0 Å². The number of likely N-dealkylation sites (N-methyl/N-ethyl adjacent to an activating group) is 1. The zero-order valence-electron chi connectivity index (χ0n) is 14.7. The zero-order chi connectivity index (χ0) is 16.8. The maximum absolute atomic E-state index is 5.41. The van der Waals surface area contributed by atoms with Gasteiger partial charge in [0.1, 0.15) is 11.9 Å². The second kappa shape index (κ2) is 13.3. The summed E-state index contributed by atoms with van der Waals surface area (Å²) < 4.78 is 0. The van der Waals surface area contributed by atoms with Crippen LogP contribution in [-0.2, 0) is 4.84 Å². The summed E-state index contributed by atoms with van der Waals surface area (Å²) in [5.41, 5.74) is 8.21. The summed E-state index contributed by atoms with van der Waals surface area (Å²) in [4.78, 5) is 11.9. The molecule has 0 aromatic heterocycles. The Balaban J connectivity index is 4.31. The zero-order valence-corrected chi connectivity index (χ0v) is 14.7. The van der Waals surface area contributed by atoms with Crippen LogP contribution in [0.15, 0.2) is 29.0 Å². The number of hydrogen-bond acceptors (Lipinski definition) is 5. The Hall–Kier alpha value is -1.37. The van der Waals surface area contributed by atoms with Gasteiger partial charge < -0.3 is 10.6 Å². The highest BCUT2D eigenvalue weighted by molar-refractivity contribution is 5.51. The molecule has 22 heavy (non-hydrogen) atoms. The molecule has 0 aromatic carbocycles. The molecule has 0 bridgehead atoms. The Morgan fingerprint density at radius 1 is 1.36 bits per heavy atom. The summed E-state index contributed by atoms with van der Waals surface area (Å²) in [6, 6.07) is 0.549. The van der Waals surface area contributed by atoms with Crippen molar-refractivity contribution in [2.45, 2.75) is 46.8 Å². The Kier molecular flexibility index (Phi) is 12.5. The Morgan fingerprint density at radius 3 is 2.64 bits per heavy atom. The molecule has 0 aromatic rings. The minimum atomic E-state index is -0.126. The maximum atomic E-state index is 5.41. The van der Waals surface area contributed by atoms with Crippen molar-refractivity contribution in [2.75, 3.05) is 26.2 Å². The van der Waals surface area contributed by atoms with E-state index in [-0.39, 0.29) is 6.17 Å². The van der Waals surface area contributed by atoms with E-state index in [0.29, 0.717) is 6.04 Å². The highest BCUT2D eigenvalue weighted by Gasteiger charge is 2.07. The van der Waals surface area contributed by atoms with Crippen LogP contribution in [0.2, 0.25) is 0 Å². The van der Waals surface area contributed by atoms with Crippen molar-refractivity contribution in [3.05, 3.63) is 24.0 Å². The van der Waals surface area contributed by atoms with Crippen LogP contribution in [0.5, 0.6) is 0 Å². The molecule has 0 aliphatic heterocycles. The predicted molar refractivity (Wildman–Crippen MR) is 94.5 cm³/mol. The van der Waals surface area contributed by atoms with Crippen molar-refractivity contribution in [3.8, 4) is 0 Å². The van der Waals surface area contributed by atoms with Crippen molar-refractivity contribution >= 4 is 6.34 Å². The molecule has 1 unspecified atom stereocenters. The number of nitrogens with one attached hydrogen (secondary N) is 2. The number of hydrogen-bond donors (Lipinski definition) is 3. The van der Waals surface area contributed by atoms with Gasteiger partial charge >= 0.3 is 0 Å². The van der Waals surface area contributed by atoms with Crippen LogP contribution in [0.1, 0.15) is 34.6 Å². The molecule has 4 N–H and O–H groups in total. The predicted octanol–water partition coefficient (Wildman–Crippen LogP) is 1.62. The standard InChI is InChI=1S/C16H33N5O/c1-6-20-22-15(5)9-8-10-16(19-13-17)18-11-12-21(7-2)14(3)4/h8-10,13-14,16,18,20H,6-7,11-12H2,1-5H3,(H2,17,19)/b10-8+,15-9+. The molecule has 128 valence electrons. The van der Waals surface area contributed by atoms with E-state index in [2.05, 4.69) is 41.5 Å². The summed E-state index contributed by atoms with van der Waals surface area (Å²) in [6.07, 6.45) is 6.95. The topological polar surface area (TPSA) is 74.9 Å². The molecule has 0 rings (SSSR count). The van der Waals surface area contributed by atoms with Crippen LogP contribution < -0.4 is 16.5 Å². The third-order valence-corrected chi connectivity index (χ3v) is 3.14. The van der Waals surface area contributed by atoms with Crippen LogP contribution in [0, 0.1) is 0 Å². The van der Waals surface area contributed by atoms with Crippen LogP contribution >= 0.6 is 0 Å². The molecule has 1 atom stereocenters. The van der Waals surface area contributed by atoms with Gasteiger partial charge in [0.05, 0.1) is 6.34 Å². The Labute approximate surface area is 135 Å². The quantitative estimate of drug-likeness (QED) is 0.168. The fourth-order valence-corrected chi connectivity index (χ4v) is 1.92. The summed E-state index contributed by atoms with van der Waals surface area (Å²) in [5.74, 6) is 0.797. The van der Waals surface area contributed by atoms with Crippen LogP contribution in [0.3, 0.4) is 0 Å². The molecule has 0 aliphatic carbocycles. The molecule has 0 saturated heterocycles. The second-order valence-electron chi connectivity index (χ2n) is 5.18. The van der Waals surface area contributed by atoms with Gasteiger partial charge in [0, 0.05) is 25.7 Å². The molecule has 0 heterocycles. The summed E-state index contributed by atoms with van der Waals surface area (Å²) in [5, 5.41) is 3.37. The molecule has 6 nitrogen and oxygen atoms in total. The lowest BCUT2D eigenvalue weighted by Crippen LogP contribution is -2.39. The van der Waals surface area contributed by atoms with Crippen molar-refractivity contribution in [1.82, 2.24) is 15.7 Å². The second-order valence-corrected chi connectivity index (χ2v) is 5.18. The number of allylic oxidation sites excluding steroid dienone is 3. The monoisotopic (exact) mass is 311 g/mol. The first-order valence-corrected chi connectivity index (χ1v) is 8.00. The first-order valence-electron chi connectivity index (χ1n) is 8.00. The highest BCUT2D eigenvalue weighted by atomic mass is 16.6. The summed E-state index contributed by atoms with van der Waals surface area (Å²) in [6.45, 7) is 14.1. The number of nitrogens with two attached hydrogens (primary N) is 1. The van der Waals surface area contributed by atoms with Gasteiger partial charge in [-0.1, -0.05) is 13.0 Å². The average molecular weight is 311 g/mol. The van der Waals surface area contributed by atoms with Gasteiger partial charge in [0.15, 0.2) is 0 Å². The average Bonchev–Trinajstić information content (AvgIpc) is 2.49. The number of aliphatic imine (C=N–C) groups is 1.